The van der Waals surface area contributed by atoms with Crippen LogP contribution in [-0.2, 0) is 10.0 Å². The first-order valence-electron chi connectivity index (χ1n) is 9.21. The number of para-hydroxylation sites is 2. The molecule has 0 aliphatic rings. The van der Waals surface area contributed by atoms with E-state index in [2.05, 4.69) is 25.0 Å². The fourth-order valence-electron chi connectivity index (χ4n) is 2.95. The third-order valence-corrected chi connectivity index (χ3v) is 5.92. The van der Waals surface area contributed by atoms with Crippen molar-refractivity contribution in [3.8, 4) is 0 Å². The van der Waals surface area contributed by atoms with Crippen molar-refractivity contribution in [1.29, 1.82) is 0 Å². The largest absolute Gasteiger partial charge is 0.342 e. The van der Waals surface area contributed by atoms with E-state index in [0.717, 1.165) is 11.0 Å². The summed E-state index contributed by atoms with van der Waals surface area (Å²) in [7, 11) is -3.76. The number of hydrogen-bond donors (Lipinski definition) is 3. The molecule has 152 valence electrons. The Bertz CT molecular complexity index is 1250. The second kappa shape index (κ2) is 7.96. The van der Waals surface area contributed by atoms with Crippen molar-refractivity contribution < 1.29 is 13.2 Å². The van der Waals surface area contributed by atoms with Crippen LogP contribution in [0.25, 0.3) is 11.0 Å². The van der Waals surface area contributed by atoms with Crippen molar-refractivity contribution >= 4 is 32.7 Å². The van der Waals surface area contributed by atoms with E-state index in [-0.39, 0.29) is 16.8 Å². The van der Waals surface area contributed by atoms with Crippen LogP contribution in [-0.4, -0.2) is 29.3 Å². The molecular weight excluding hydrogens is 402 g/mol. The lowest BCUT2D eigenvalue weighted by Gasteiger charge is -2.12. The topological polar surface area (TPSA) is 117 Å². The second-order valence-electron chi connectivity index (χ2n) is 6.70. The van der Waals surface area contributed by atoms with Gasteiger partial charge in [-0.05, 0) is 55.5 Å². The van der Waals surface area contributed by atoms with Gasteiger partial charge in [0.1, 0.15) is 5.82 Å². The average molecular weight is 421 g/mol. The lowest BCUT2D eigenvalue weighted by molar-refractivity contribution is 0.0938. The molecule has 1 unspecified atom stereocenters. The maximum absolute atomic E-state index is 12.6. The molecule has 0 saturated carbocycles. The summed E-state index contributed by atoms with van der Waals surface area (Å²) in [6.07, 6.45) is 2.99. The van der Waals surface area contributed by atoms with E-state index in [1.54, 1.807) is 12.1 Å². The summed E-state index contributed by atoms with van der Waals surface area (Å²) in [4.78, 5) is 24.1. The van der Waals surface area contributed by atoms with Gasteiger partial charge in [0, 0.05) is 18.0 Å². The van der Waals surface area contributed by atoms with Crippen LogP contribution in [0, 0.1) is 0 Å². The summed E-state index contributed by atoms with van der Waals surface area (Å²) in [5.41, 5.74) is 2.47. The standard InChI is InChI=1S/C21H19N5O3S/c1-14(20-24-18-4-2-3-5-19(18)25-20)23-21(27)15-6-8-17(9-7-15)30(28,29)26-16-10-12-22-13-11-16/h2-14H,1H3,(H,22,26)(H,23,27)(H,24,25). The molecule has 0 aliphatic heterocycles. The fraction of sp³-hybridized carbons (Fsp3) is 0.0952. The highest BCUT2D eigenvalue weighted by atomic mass is 32.2. The van der Waals surface area contributed by atoms with Crippen molar-refractivity contribution in [2.75, 3.05) is 4.72 Å². The van der Waals surface area contributed by atoms with Gasteiger partial charge < -0.3 is 10.3 Å². The number of nitrogens with one attached hydrogen (secondary N) is 3. The number of imidazole rings is 1. The molecule has 1 amide bonds. The maximum Gasteiger partial charge on any atom is 0.261 e. The fourth-order valence-corrected chi connectivity index (χ4v) is 4.00. The van der Waals surface area contributed by atoms with Gasteiger partial charge in [-0.3, -0.25) is 14.5 Å². The molecule has 3 N–H and O–H groups in total. The Morgan fingerprint density at radius 2 is 1.70 bits per heavy atom. The molecule has 30 heavy (non-hydrogen) atoms. The number of amides is 1. The number of nitrogens with zero attached hydrogens (tertiary/aromatic N) is 2. The molecule has 0 aliphatic carbocycles. The van der Waals surface area contributed by atoms with Gasteiger partial charge in [-0.2, -0.15) is 0 Å². The number of carbonyl (C=O) groups excluding carboxylic acids is 1. The van der Waals surface area contributed by atoms with Gasteiger partial charge in [-0.1, -0.05) is 12.1 Å². The van der Waals surface area contributed by atoms with Gasteiger partial charge in [0.05, 0.1) is 27.7 Å². The van der Waals surface area contributed by atoms with Crippen LogP contribution in [0.5, 0.6) is 0 Å². The number of aromatic amines is 1. The highest BCUT2D eigenvalue weighted by Gasteiger charge is 2.17. The number of sulfonamides is 1. The molecule has 0 bridgehead atoms. The Balaban J connectivity index is 1.46. The lowest BCUT2D eigenvalue weighted by Crippen LogP contribution is -2.27. The first kappa shape index (κ1) is 19.6. The predicted molar refractivity (Wildman–Crippen MR) is 113 cm³/mol. The van der Waals surface area contributed by atoms with E-state index in [9.17, 15) is 13.2 Å². The number of benzene rings is 2. The molecule has 2 aromatic heterocycles. The van der Waals surface area contributed by atoms with Crippen LogP contribution in [0.15, 0.2) is 78.0 Å². The highest BCUT2D eigenvalue weighted by molar-refractivity contribution is 7.92. The molecule has 2 heterocycles. The monoisotopic (exact) mass is 421 g/mol. The van der Waals surface area contributed by atoms with Crippen molar-refractivity contribution in [3.05, 3.63) is 84.4 Å². The minimum Gasteiger partial charge on any atom is -0.342 e. The van der Waals surface area contributed by atoms with E-state index >= 15 is 0 Å². The number of pyridine rings is 1. The first-order valence-corrected chi connectivity index (χ1v) is 10.7. The quantitative estimate of drug-likeness (QED) is 0.442. The predicted octanol–water partition coefficient (Wildman–Crippen LogP) is 3.25. The molecular formula is C21H19N5O3S. The Morgan fingerprint density at radius 3 is 2.40 bits per heavy atom. The molecule has 9 heteroatoms. The van der Waals surface area contributed by atoms with E-state index < -0.39 is 10.0 Å². The van der Waals surface area contributed by atoms with Crippen molar-refractivity contribution in [2.24, 2.45) is 0 Å². The number of H-pyrrole nitrogens is 1. The van der Waals surface area contributed by atoms with Crippen LogP contribution in [0.2, 0.25) is 0 Å². The summed E-state index contributed by atoms with van der Waals surface area (Å²) < 4.78 is 27.4. The number of carbonyl (C=O) groups is 1. The molecule has 8 nitrogen and oxygen atoms in total. The minimum absolute atomic E-state index is 0.0567. The summed E-state index contributed by atoms with van der Waals surface area (Å²) in [6, 6.07) is 16.1. The molecule has 4 rings (SSSR count). The van der Waals surface area contributed by atoms with Crippen LogP contribution in [0.1, 0.15) is 29.1 Å². The van der Waals surface area contributed by atoms with Gasteiger partial charge in [0.15, 0.2) is 0 Å². The lowest BCUT2D eigenvalue weighted by atomic mass is 10.2. The van der Waals surface area contributed by atoms with Crippen LogP contribution < -0.4 is 10.0 Å². The van der Waals surface area contributed by atoms with E-state index in [4.69, 9.17) is 0 Å². The van der Waals surface area contributed by atoms with Gasteiger partial charge in [0.25, 0.3) is 15.9 Å². The Morgan fingerprint density at radius 1 is 1.00 bits per heavy atom. The number of rotatable bonds is 6. The number of fused-ring (bicyclic) bond motifs is 1. The molecule has 1 atom stereocenters. The zero-order valence-electron chi connectivity index (χ0n) is 16.0. The third kappa shape index (κ3) is 4.15. The average Bonchev–Trinajstić information content (AvgIpc) is 3.19. The molecule has 2 aromatic carbocycles. The summed E-state index contributed by atoms with van der Waals surface area (Å²) >= 11 is 0. The molecule has 0 radical (unpaired) electrons. The third-order valence-electron chi connectivity index (χ3n) is 4.52. The Labute approximate surface area is 173 Å². The molecule has 0 fully saturated rings. The highest BCUT2D eigenvalue weighted by Crippen LogP contribution is 2.18. The Kier molecular flexibility index (Phi) is 5.20. The summed E-state index contributed by atoms with van der Waals surface area (Å²) in [5, 5.41) is 2.87. The first-order chi connectivity index (χ1) is 14.4. The SMILES string of the molecule is CC(NC(=O)c1ccc(S(=O)(=O)Nc2ccncc2)cc1)c1nc2ccccc2[nH]1. The van der Waals surface area contributed by atoms with Crippen molar-refractivity contribution in [1.82, 2.24) is 20.3 Å². The Hall–Kier alpha value is -3.72. The number of anilines is 1. The van der Waals surface area contributed by atoms with Crippen LogP contribution >= 0.6 is 0 Å². The van der Waals surface area contributed by atoms with Crippen molar-refractivity contribution in [2.45, 2.75) is 17.9 Å². The normalized spacial score (nSPS) is 12.4. The van der Waals surface area contributed by atoms with Gasteiger partial charge in [-0.15, -0.1) is 0 Å². The summed E-state index contributed by atoms with van der Waals surface area (Å²) in [6.45, 7) is 1.83. The van der Waals surface area contributed by atoms with Crippen LogP contribution in [0.4, 0.5) is 5.69 Å². The minimum atomic E-state index is -3.76. The smallest absolute Gasteiger partial charge is 0.261 e. The van der Waals surface area contributed by atoms with Gasteiger partial charge in [0.2, 0.25) is 0 Å². The second-order valence-corrected chi connectivity index (χ2v) is 8.38. The van der Waals surface area contributed by atoms with Crippen molar-refractivity contribution in [3.63, 3.8) is 0 Å². The number of aromatic nitrogens is 3. The van der Waals surface area contributed by atoms with E-state index in [1.807, 2.05) is 31.2 Å². The van der Waals surface area contributed by atoms with Gasteiger partial charge in [-0.25, -0.2) is 13.4 Å². The maximum atomic E-state index is 12.6. The van der Waals surface area contributed by atoms with E-state index in [1.165, 1.54) is 36.7 Å². The zero-order valence-corrected chi connectivity index (χ0v) is 16.8. The molecule has 0 spiro atoms. The van der Waals surface area contributed by atoms with Crippen LogP contribution in [0.3, 0.4) is 0 Å². The van der Waals surface area contributed by atoms with E-state index in [0.29, 0.717) is 17.1 Å². The van der Waals surface area contributed by atoms with Gasteiger partial charge >= 0.3 is 0 Å². The summed E-state index contributed by atoms with van der Waals surface area (Å²) in [5.74, 6) is 0.319. The number of hydrogen-bond acceptors (Lipinski definition) is 5. The molecule has 4 aromatic rings. The molecule has 0 saturated heterocycles. The zero-order chi connectivity index (χ0) is 21.1.